The summed E-state index contributed by atoms with van der Waals surface area (Å²) in [6.07, 6.45) is 1.07. The number of hydrogen-bond acceptors (Lipinski definition) is 5. The lowest BCUT2D eigenvalue weighted by atomic mass is 10.0. The second kappa shape index (κ2) is 10.2. The Morgan fingerprint density at radius 3 is 2.42 bits per heavy atom. The average molecular weight is 387 g/mol. The Morgan fingerprint density at radius 2 is 1.81 bits per heavy atom. The van der Waals surface area contributed by atoms with Crippen molar-refractivity contribution in [3.63, 3.8) is 0 Å². The predicted molar refractivity (Wildman–Crippen MR) is 100 cm³/mol. The smallest absolute Gasteiger partial charge is 0.308 e. The highest BCUT2D eigenvalue weighted by atomic mass is 35.5. The third-order valence-electron chi connectivity index (χ3n) is 4.21. The molecule has 2 atom stereocenters. The fraction of sp³-hybridized carbons (Fsp3) is 0.556. The number of benzene rings is 1. The molecule has 8 heteroatoms. The molecule has 0 bridgehead atoms. The van der Waals surface area contributed by atoms with Crippen LogP contribution in [0.2, 0.25) is 0 Å². The predicted octanol–water partition coefficient (Wildman–Crippen LogP) is 2.17. The standard InChI is InChI=1S/C18H26N2O5.ClH/c1-3-24-15-8-6-12(9-16(15)25-4-2)17(21)20-10-13(18(22)23)5-7-14(19)11-20;/h6,8-9,13-14H,3-5,7,10-11,19H2,1-2H3,(H,22,23);1H/t13-,14+;/m0./s1. The SMILES string of the molecule is CCOc1ccc(C(=O)N2C[C@H](N)CC[C@H](C(=O)O)C2)cc1OCC.Cl. The molecule has 26 heavy (non-hydrogen) atoms. The molecule has 1 aromatic rings. The van der Waals surface area contributed by atoms with Crippen molar-refractivity contribution in [2.45, 2.75) is 32.7 Å². The van der Waals surface area contributed by atoms with E-state index >= 15 is 0 Å². The van der Waals surface area contributed by atoms with E-state index in [1.54, 1.807) is 18.2 Å². The number of carbonyl (C=O) groups excluding carboxylic acids is 1. The molecule has 0 radical (unpaired) electrons. The Morgan fingerprint density at radius 1 is 1.15 bits per heavy atom. The summed E-state index contributed by atoms with van der Waals surface area (Å²) in [5, 5.41) is 9.31. The summed E-state index contributed by atoms with van der Waals surface area (Å²) in [5.41, 5.74) is 6.45. The molecule has 7 nitrogen and oxygen atoms in total. The van der Waals surface area contributed by atoms with Gasteiger partial charge < -0.3 is 25.2 Å². The topological polar surface area (TPSA) is 102 Å². The minimum Gasteiger partial charge on any atom is -0.490 e. The molecule has 0 aromatic heterocycles. The third-order valence-corrected chi connectivity index (χ3v) is 4.21. The van der Waals surface area contributed by atoms with Crippen molar-refractivity contribution in [3.8, 4) is 11.5 Å². The zero-order chi connectivity index (χ0) is 18.4. The summed E-state index contributed by atoms with van der Waals surface area (Å²) in [7, 11) is 0. The zero-order valence-electron chi connectivity index (χ0n) is 15.1. The highest BCUT2D eigenvalue weighted by molar-refractivity contribution is 5.95. The molecular formula is C18H27ClN2O5. The van der Waals surface area contributed by atoms with Crippen molar-refractivity contribution in [2.75, 3.05) is 26.3 Å². The lowest BCUT2D eigenvalue weighted by molar-refractivity contribution is -0.142. The Hall–Kier alpha value is -1.99. The first-order valence-corrected chi connectivity index (χ1v) is 8.63. The molecule has 0 unspecified atom stereocenters. The maximum Gasteiger partial charge on any atom is 0.308 e. The Bertz CT molecular complexity index is 626. The number of ether oxygens (including phenoxy) is 2. The van der Waals surface area contributed by atoms with Crippen molar-refractivity contribution < 1.29 is 24.2 Å². The Labute approximate surface area is 159 Å². The van der Waals surface area contributed by atoms with Gasteiger partial charge in [-0.05, 0) is 44.9 Å². The molecule has 0 spiro atoms. The molecular weight excluding hydrogens is 360 g/mol. The lowest BCUT2D eigenvalue weighted by Crippen LogP contribution is -2.41. The maximum atomic E-state index is 12.9. The lowest BCUT2D eigenvalue weighted by Gasteiger charge is -2.24. The van der Waals surface area contributed by atoms with Crippen molar-refractivity contribution >= 4 is 24.3 Å². The minimum absolute atomic E-state index is 0. The number of likely N-dealkylation sites (tertiary alicyclic amines) is 1. The quantitative estimate of drug-likeness (QED) is 0.776. The van der Waals surface area contributed by atoms with Crippen LogP contribution in [0.15, 0.2) is 18.2 Å². The summed E-state index contributed by atoms with van der Waals surface area (Å²) in [6.45, 7) is 5.19. The number of aliphatic carboxylic acids is 1. The van der Waals surface area contributed by atoms with Gasteiger partial charge in [-0.1, -0.05) is 0 Å². The number of carbonyl (C=O) groups is 2. The van der Waals surface area contributed by atoms with Crippen LogP contribution < -0.4 is 15.2 Å². The summed E-state index contributed by atoms with van der Waals surface area (Å²) in [4.78, 5) is 25.8. The monoisotopic (exact) mass is 386 g/mol. The molecule has 1 aromatic carbocycles. The zero-order valence-corrected chi connectivity index (χ0v) is 16.0. The van der Waals surface area contributed by atoms with Gasteiger partial charge in [0.2, 0.25) is 0 Å². The first-order valence-electron chi connectivity index (χ1n) is 8.63. The van der Waals surface area contributed by atoms with Crippen LogP contribution in [0, 0.1) is 5.92 Å². The average Bonchev–Trinajstić information content (AvgIpc) is 2.78. The second-order valence-electron chi connectivity index (χ2n) is 6.11. The van der Waals surface area contributed by atoms with Gasteiger partial charge in [-0.2, -0.15) is 0 Å². The van der Waals surface area contributed by atoms with Gasteiger partial charge in [0.15, 0.2) is 11.5 Å². The largest absolute Gasteiger partial charge is 0.490 e. The molecule has 146 valence electrons. The van der Waals surface area contributed by atoms with E-state index in [1.807, 2.05) is 13.8 Å². The normalized spacial score (nSPS) is 19.9. The molecule has 0 aliphatic carbocycles. The van der Waals surface area contributed by atoms with Crippen LogP contribution >= 0.6 is 12.4 Å². The van der Waals surface area contributed by atoms with Gasteiger partial charge >= 0.3 is 5.97 Å². The molecule has 1 aliphatic heterocycles. The molecule has 1 amide bonds. The molecule has 1 saturated heterocycles. The van der Waals surface area contributed by atoms with Crippen LogP contribution in [0.4, 0.5) is 0 Å². The van der Waals surface area contributed by atoms with Gasteiger partial charge in [-0.3, -0.25) is 9.59 Å². The van der Waals surface area contributed by atoms with E-state index in [0.29, 0.717) is 49.7 Å². The first kappa shape index (κ1) is 22.1. The van der Waals surface area contributed by atoms with Crippen LogP contribution in [0.1, 0.15) is 37.0 Å². The van der Waals surface area contributed by atoms with Crippen molar-refractivity contribution in [3.05, 3.63) is 23.8 Å². The number of nitrogens with two attached hydrogens (primary N) is 1. The van der Waals surface area contributed by atoms with E-state index < -0.39 is 11.9 Å². The molecule has 1 aliphatic rings. The number of carboxylic acid groups (broad SMARTS) is 1. The maximum absolute atomic E-state index is 12.9. The number of rotatable bonds is 6. The van der Waals surface area contributed by atoms with Crippen molar-refractivity contribution in [1.29, 1.82) is 0 Å². The Balaban J connectivity index is 0.00000338. The fourth-order valence-electron chi connectivity index (χ4n) is 2.96. The van der Waals surface area contributed by atoms with E-state index in [9.17, 15) is 14.7 Å². The van der Waals surface area contributed by atoms with E-state index in [-0.39, 0.29) is 30.9 Å². The summed E-state index contributed by atoms with van der Waals surface area (Å²) < 4.78 is 11.1. The van der Waals surface area contributed by atoms with E-state index in [1.165, 1.54) is 4.90 Å². The van der Waals surface area contributed by atoms with Crippen LogP contribution in [-0.4, -0.2) is 54.2 Å². The number of halogens is 1. The van der Waals surface area contributed by atoms with Gasteiger partial charge in [-0.25, -0.2) is 0 Å². The van der Waals surface area contributed by atoms with Gasteiger partial charge in [0.25, 0.3) is 5.91 Å². The van der Waals surface area contributed by atoms with Gasteiger partial charge in [0.05, 0.1) is 19.1 Å². The highest BCUT2D eigenvalue weighted by Crippen LogP contribution is 2.29. The number of carboxylic acids is 1. The first-order chi connectivity index (χ1) is 12.0. The van der Waals surface area contributed by atoms with Gasteiger partial charge in [0, 0.05) is 24.7 Å². The number of amides is 1. The van der Waals surface area contributed by atoms with Crippen molar-refractivity contribution in [2.24, 2.45) is 11.7 Å². The minimum atomic E-state index is -0.895. The van der Waals surface area contributed by atoms with Crippen LogP contribution in [0.25, 0.3) is 0 Å². The van der Waals surface area contributed by atoms with E-state index in [4.69, 9.17) is 15.2 Å². The fourth-order valence-corrected chi connectivity index (χ4v) is 2.96. The van der Waals surface area contributed by atoms with Crippen LogP contribution in [0.3, 0.4) is 0 Å². The summed E-state index contributed by atoms with van der Waals surface area (Å²) in [6, 6.07) is 4.79. The van der Waals surface area contributed by atoms with Gasteiger partial charge in [-0.15, -0.1) is 12.4 Å². The summed E-state index contributed by atoms with van der Waals surface area (Å²) in [5.74, 6) is -0.645. The molecule has 1 fully saturated rings. The van der Waals surface area contributed by atoms with E-state index in [2.05, 4.69) is 0 Å². The molecule has 0 saturated carbocycles. The highest BCUT2D eigenvalue weighted by Gasteiger charge is 2.30. The number of nitrogens with zero attached hydrogens (tertiary/aromatic N) is 1. The Kier molecular flexibility index (Phi) is 8.68. The van der Waals surface area contributed by atoms with Gasteiger partial charge in [0.1, 0.15) is 0 Å². The second-order valence-corrected chi connectivity index (χ2v) is 6.11. The molecule has 1 heterocycles. The molecule has 2 rings (SSSR count). The molecule has 3 N–H and O–H groups in total. The third kappa shape index (κ3) is 5.51. The van der Waals surface area contributed by atoms with Crippen molar-refractivity contribution in [1.82, 2.24) is 4.90 Å². The van der Waals surface area contributed by atoms with Crippen LogP contribution in [0.5, 0.6) is 11.5 Å². The summed E-state index contributed by atoms with van der Waals surface area (Å²) >= 11 is 0. The van der Waals surface area contributed by atoms with Crippen LogP contribution in [-0.2, 0) is 4.79 Å². The van der Waals surface area contributed by atoms with E-state index in [0.717, 1.165) is 0 Å². The number of hydrogen-bond donors (Lipinski definition) is 2.